The molecule has 0 rings (SSSR count). The van der Waals surface area contributed by atoms with E-state index in [1.165, 1.54) is 0 Å². The van der Waals surface area contributed by atoms with Crippen molar-refractivity contribution in [2.24, 2.45) is 5.92 Å². The van der Waals surface area contributed by atoms with E-state index in [9.17, 15) is 0 Å². The molecular weight excluding hydrogens is 158 g/mol. The van der Waals surface area contributed by atoms with Gasteiger partial charge in [0.25, 0.3) is 0 Å². The number of hydrogen-bond acceptors (Lipinski definition) is 4. The highest BCUT2D eigenvalue weighted by Crippen LogP contribution is 2.10. The van der Waals surface area contributed by atoms with Gasteiger partial charge in [0.1, 0.15) is 0 Å². The van der Waals surface area contributed by atoms with Crippen molar-refractivity contribution in [1.29, 1.82) is 0 Å². The molecule has 1 atom stereocenters. The van der Waals surface area contributed by atoms with Gasteiger partial charge in [0.15, 0.2) is 0 Å². The first-order valence-electron chi connectivity index (χ1n) is 4.37. The third-order valence-electron chi connectivity index (χ3n) is 1.67. The summed E-state index contributed by atoms with van der Waals surface area (Å²) in [6, 6.07) is 0. The van der Waals surface area contributed by atoms with Crippen LogP contribution in [0.25, 0.3) is 0 Å². The van der Waals surface area contributed by atoms with Crippen molar-refractivity contribution in [1.82, 2.24) is 5.39 Å². The van der Waals surface area contributed by atoms with Gasteiger partial charge in [0, 0.05) is 0 Å². The summed E-state index contributed by atoms with van der Waals surface area (Å²) in [5.74, 6) is 0.691. The largest absolute Gasteiger partial charge is 0.266 e. The second-order valence-corrected chi connectivity index (χ2v) is 3.49. The summed E-state index contributed by atoms with van der Waals surface area (Å²) >= 11 is 0. The van der Waals surface area contributed by atoms with Crippen molar-refractivity contribution in [3.05, 3.63) is 0 Å². The Morgan fingerprint density at radius 1 is 1.17 bits per heavy atom. The molecule has 0 heterocycles. The van der Waals surface area contributed by atoms with Gasteiger partial charge >= 0.3 is 0 Å². The van der Waals surface area contributed by atoms with E-state index >= 15 is 0 Å². The lowest BCUT2D eigenvalue weighted by atomic mass is 10.1. The third-order valence-corrected chi connectivity index (χ3v) is 1.67. The molecule has 74 valence electrons. The van der Waals surface area contributed by atoms with Crippen LogP contribution < -0.4 is 0 Å². The van der Waals surface area contributed by atoms with Crippen LogP contribution >= 0.6 is 0 Å². The Bertz CT molecular complexity index is 106. The van der Waals surface area contributed by atoms with Gasteiger partial charge < -0.3 is 0 Å². The normalized spacial score (nSPS) is 14.2. The van der Waals surface area contributed by atoms with Gasteiger partial charge in [-0.1, -0.05) is 26.7 Å². The van der Waals surface area contributed by atoms with Crippen LogP contribution in [0.1, 0.15) is 40.0 Å². The molecule has 0 spiro atoms. The van der Waals surface area contributed by atoms with E-state index in [-0.39, 0.29) is 11.5 Å². The minimum Gasteiger partial charge on any atom is -0.266 e. The average Bonchev–Trinajstić information content (AvgIpc) is 1.84. The van der Waals surface area contributed by atoms with E-state index in [0.717, 1.165) is 19.3 Å². The molecular formula is C8H19NO3. The highest BCUT2D eigenvalue weighted by molar-refractivity contribution is 4.51. The van der Waals surface area contributed by atoms with Crippen LogP contribution in [0.2, 0.25) is 0 Å². The molecule has 0 saturated heterocycles. The summed E-state index contributed by atoms with van der Waals surface area (Å²) in [7, 11) is 0. The van der Waals surface area contributed by atoms with Crippen molar-refractivity contribution in [3.8, 4) is 0 Å². The molecule has 0 radical (unpaired) electrons. The molecule has 0 aliphatic carbocycles. The van der Waals surface area contributed by atoms with Crippen LogP contribution in [0.5, 0.6) is 0 Å². The second-order valence-electron chi connectivity index (χ2n) is 3.49. The van der Waals surface area contributed by atoms with Gasteiger partial charge in [0.2, 0.25) is 0 Å². The maximum Gasteiger partial charge on any atom is 0.0816 e. The van der Waals surface area contributed by atoms with E-state index < -0.39 is 0 Å². The maximum atomic E-state index is 8.30. The van der Waals surface area contributed by atoms with Crippen LogP contribution in [0, 0.1) is 5.92 Å². The average molecular weight is 177 g/mol. The van der Waals surface area contributed by atoms with E-state index in [0.29, 0.717) is 5.92 Å². The smallest absolute Gasteiger partial charge is 0.0816 e. The van der Waals surface area contributed by atoms with Gasteiger partial charge in [-0.25, -0.2) is 4.84 Å². The highest BCUT2D eigenvalue weighted by Gasteiger charge is 2.06. The van der Waals surface area contributed by atoms with Gasteiger partial charge in [-0.3, -0.25) is 10.4 Å². The summed E-state index contributed by atoms with van der Waals surface area (Å²) in [5, 5.41) is 16.4. The summed E-state index contributed by atoms with van der Waals surface area (Å²) < 4.78 is 0. The van der Waals surface area contributed by atoms with Crippen LogP contribution in [-0.2, 0) is 4.84 Å². The molecule has 4 nitrogen and oxygen atoms in total. The minimum atomic E-state index is -0.222. The van der Waals surface area contributed by atoms with E-state index in [1.54, 1.807) is 6.92 Å². The lowest BCUT2D eigenvalue weighted by Crippen LogP contribution is -2.21. The molecule has 0 aliphatic heterocycles. The molecule has 0 saturated carbocycles. The number of nitrogens with zero attached hydrogens (tertiary/aromatic N) is 1. The Hall–Kier alpha value is -0.160. The predicted octanol–water partition coefficient (Wildman–Crippen LogP) is 2.21. The zero-order valence-electron chi connectivity index (χ0n) is 8.03. The minimum absolute atomic E-state index is 0.140. The van der Waals surface area contributed by atoms with Crippen LogP contribution in [0.3, 0.4) is 0 Å². The monoisotopic (exact) mass is 177 g/mol. The van der Waals surface area contributed by atoms with Crippen molar-refractivity contribution in [3.63, 3.8) is 0 Å². The summed E-state index contributed by atoms with van der Waals surface area (Å²) in [4.78, 5) is 4.58. The topological polar surface area (TPSA) is 52.9 Å². The van der Waals surface area contributed by atoms with Crippen LogP contribution in [0.15, 0.2) is 0 Å². The van der Waals surface area contributed by atoms with Gasteiger partial charge in [-0.2, -0.15) is 0 Å². The SMILES string of the molecule is CC(C)CCC[C@@H](C)ON(O)O. The molecule has 0 amide bonds. The second kappa shape index (κ2) is 6.37. The third kappa shape index (κ3) is 7.94. The summed E-state index contributed by atoms with van der Waals surface area (Å²) in [5.41, 5.74) is 0. The van der Waals surface area contributed by atoms with Gasteiger partial charge in [0.05, 0.1) is 11.5 Å². The Labute approximate surface area is 73.6 Å². The molecule has 0 unspecified atom stereocenters. The van der Waals surface area contributed by atoms with Crippen molar-refractivity contribution >= 4 is 0 Å². The number of hydrogen-bond donors (Lipinski definition) is 2. The molecule has 0 aromatic rings. The molecule has 0 bridgehead atoms. The predicted molar refractivity (Wildman–Crippen MR) is 44.6 cm³/mol. The first kappa shape index (κ1) is 11.8. The lowest BCUT2D eigenvalue weighted by Gasteiger charge is -2.14. The molecule has 4 heteroatoms. The Kier molecular flexibility index (Phi) is 6.28. The maximum absolute atomic E-state index is 8.30. The van der Waals surface area contributed by atoms with E-state index in [2.05, 4.69) is 18.7 Å². The molecule has 0 fully saturated rings. The first-order valence-corrected chi connectivity index (χ1v) is 4.37. The van der Waals surface area contributed by atoms with Crippen molar-refractivity contribution in [2.75, 3.05) is 0 Å². The van der Waals surface area contributed by atoms with Gasteiger partial charge in [-0.15, -0.1) is 0 Å². The van der Waals surface area contributed by atoms with Gasteiger partial charge in [-0.05, 0) is 19.3 Å². The lowest BCUT2D eigenvalue weighted by molar-refractivity contribution is -0.503. The molecule has 0 aliphatic rings. The highest BCUT2D eigenvalue weighted by atomic mass is 17.1. The molecule has 0 aromatic heterocycles. The fourth-order valence-electron chi connectivity index (χ4n) is 1.03. The fourth-order valence-corrected chi connectivity index (χ4v) is 1.03. The first-order chi connectivity index (χ1) is 5.52. The van der Waals surface area contributed by atoms with E-state index in [1.807, 2.05) is 0 Å². The summed E-state index contributed by atoms with van der Waals surface area (Å²) in [6.45, 7) is 6.13. The van der Waals surface area contributed by atoms with Crippen LogP contribution in [0.4, 0.5) is 0 Å². The number of rotatable bonds is 6. The molecule has 2 N–H and O–H groups in total. The van der Waals surface area contributed by atoms with Crippen molar-refractivity contribution < 1.29 is 15.3 Å². The van der Waals surface area contributed by atoms with Crippen LogP contribution in [-0.4, -0.2) is 21.9 Å². The summed E-state index contributed by atoms with van der Waals surface area (Å²) in [6.07, 6.45) is 2.89. The molecule has 0 aromatic carbocycles. The molecule has 12 heavy (non-hydrogen) atoms. The zero-order chi connectivity index (χ0) is 9.56. The zero-order valence-corrected chi connectivity index (χ0v) is 8.03. The standard InChI is InChI=1S/C8H19NO3/c1-7(2)5-4-6-8(3)12-9(10)11/h7-8,10-11H,4-6H2,1-3H3/t8-/m1/s1. The Morgan fingerprint density at radius 2 is 1.75 bits per heavy atom. The Morgan fingerprint density at radius 3 is 2.17 bits per heavy atom. The Balaban J connectivity index is 3.25. The fraction of sp³-hybridized carbons (Fsp3) is 1.00. The quantitative estimate of drug-likeness (QED) is 0.611. The van der Waals surface area contributed by atoms with Crippen molar-refractivity contribution in [2.45, 2.75) is 46.1 Å². The van der Waals surface area contributed by atoms with E-state index in [4.69, 9.17) is 10.4 Å².